The number of nitrogens with zero attached hydrogens (tertiary/aromatic N) is 2. The summed E-state index contributed by atoms with van der Waals surface area (Å²) in [6, 6.07) is 6.19. The van der Waals surface area contributed by atoms with E-state index in [1.165, 1.54) is 26.4 Å². The molecule has 1 aromatic heterocycles. The molecule has 78 valence electrons. The minimum atomic E-state index is 0.492. The number of rotatable bonds is 1. The van der Waals surface area contributed by atoms with Crippen molar-refractivity contribution in [1.82, 2.24) is 4.37 Å². The van der Waals surface area contributed by atoms with Crippen LogP contribution in [0.1, 0.15) is 11.1 Å². The molecular formula is C10H9ClN2S2. The summed E-state index contributed by atoms with van der Waals surface area (Å²) in [7, 11) is 2.85. The van der Waals surface area contributed by atoms with Crippen LogP contribution in [0.4, 0.5) is 5.69 Å². The number of benzene rings is 1. The summed E-state index contributed by atoms with van der Waals surface area (Å²) in [5, 5.41) is 0.492. The van der Waals surface area contributed by atoms with Crippen molar-refractivity contribution in [2.24, 2.45) is 4.99 Å². The standard InChI is InChI=1S/C10H9ClN2S2/c1-6-3-4-7(2)8(5-6)12-10-9(11)13-15-14-10/h3-5H,1-2H3. The lowest BCUT2D eigenvalue weighted by Crippen LogP contribution is -1.93. The summed E-state index contributed by atoms with van der Waals surface area (Å²) >= 11 is 5.90. The van der Waals surface area contributed by atoms with E-state index in [1.807, 2.05) is 6.92 Å². The molecule has 0 spiro atoms. The fourth-order valence-corrected chi connectivity index (χ4v) is 3.16. The van der Waals surface area contributed by atoms with Gasteiger partial charge in [-0.25, -0.2) is 4.99 Å². The van der Waals surface area contributed by atoms with Gasteiger partial charge < -0.3 is 0 Å². The molecule has 0 atom stereocenters. The van der Waals surface area contributed by atoms with Gasteiger partial charge in [0.25, 0.3) is 0 Å². The summed E-state index contributed by atoms with van der Waals surface area (Å²) in [5.74, 6) is 0. The summed E-state index contributed by atoms with van der Waals surface area (Å²) in [5.41, 5.74) is 3.31. The summed E-state index contributed by atoms with van der Waals surface area (Å²) < 4.78 is 4.78. The van der Waals surface area contributed by atoms with E-state index in [0.29, 0.717) is 5.15 Å². The first kappa shape index (κ1) is 10.8. The lowest BCUT2D eigenvalue weighted by Gasteiger charge is -1.99. The lowest BCUT2D eigenvalue weighted by molar-refractivity contribution is 1.30. The van der Waals surface area contributed by atoms with E-state index in [-0.39, 0.29) is 0 Å². The van der Waals surface area contributed by atoms with Crippen LogP contribution in [0.2, 0.25) is 5.15 Å². The molecule has 0 bridgehead atoms. The Labute approximate surface area is 100 Å². The number of aryl methyl sites for hydroxylation is 2. The predicted molar refractivity (Wildman–Crippen MR) is 66.1 cm³/mol. The van der Waals surface area contributed by atoms with E-state index in [4.69, 9.17) is 11.6 Å². The first-order valence-electron chi connectivity index (χ1n) is 4.40. The first-order valence-corrected chi connectivity index (χ1v) is 6.89. The highest BCUT2D eigenvalue weighted by molar-refractivity contribution is 7.66. The molecule has 2 nitrogen and oxygen atoms in total. The molecule has 0 aliphatic carbocycles. The quantitative estimate of drug-likeness (QED) is 0.714. The number of hydrogen-bond donors (Lipinski definition) is 0. The van der Waals surface area contributed by atoms with Crippen molar-refractivity contribution in [1.29, 1.82) is 0 Å². The molecule has 2 aromatic rings. The van der Waals surface area contributed by atoms with Crippen LogP contribution in [0.3, 0.4) is 0 Å². The van der Waals surface area contributed by atoms with Crippen molar-refractivity contribution in [2.75, 3.05) is 0 Å². The second-order valence-corrected chi connectivity index (χ2v) is 5.44. The fourth-order valence-electron chi connectivity index (χ4n) is 1.17. The van der Waals surface area contributed by atoms with Crippen LogP contribution in [0.25, 0.3) is 0 Å². The Morgan fingerprint density at radius 2 is 2.13 bits per heavy atom. The highest BCUT2D eigenvalue weighted by Gasteiger charge is 2.00. The Bertz CT molecular complexity index is 542. The van der Waals surface area contributed by atoms with Crippen molar-refractivity contribution in [3.05, 3.63) is 39.2 Å². The number of hydrogen-bond acceptors (Lipinski definition) is 4. The molecule has 0 aliphatic heterocycles. The van der Waals surface area contributed by atoms with Crippen molar-refractivity contribution >= 4 is 38.2 Å². The van der Waals surface area contributed by atoms with Gasteiger partial charge in [0.15, 0.2) is 9.82 Å². The Kier molecular flexibility index (Phi) is 3.19. The zero-order valence-corrected chi connectivity index (χ0v) is 10.7. The summed E-state index contributed by atoms with van der Waals surface area (Å²) in [4.78, 5) is 4.50. The normalized spacial score (nSPS) is 12.1. The maximum Gasteiger partial charge on any atom is 0.179 e. The van der Waals surface area contributed by atoms with Gasteiger partial charge in [0.2, 0.25) is 0 Å². The Balaban J connectivity index is 2.57. The van der Waals surface area contributed by atoms with Crippen molar-refractivity contribution < 1.29 is 0 Å². The van der Waals surface area contributed by atoms with Crippen molar-refractivity contribution in [3.8, 4) is 0 Å². The Morgan fingerprint density at radius 3 is 2.80 bits per heavy atom. The topological polar surface area (TPSA) is 25.2 Å². The first-order chi connectivity index (χ1) is 7.16. The van der Waals surface area contributed by atoms with Crippen LogP contribution >= 0.6 is 32.5 Å². The molecule has 5 heteroatoms. The van der Waals surface area contributed by atoms with Crippen molar-refractivity contribution in [2.45, 2.75) is 13.8 Å². The molecular weight excluding hydrogens is 248 g/mol. The largest absolute Gasteiger partial charge is 0.234 e. The van der Waals surface area contributed by atoms with E-state index >= 15 is 0 Å². The molecule has 0 saturated carbocycles. The van der Waals surface area contributed by atoms with Crippen LogP contribution < -0.4 is 4.67 Å². The maximum absolute atomic E-state index is 5.90. The van der Waals surface area contributed by atoms with Gasteiger partial charge in [-0.3, -0.25) is 0 Å². The zero-order chi connectivity index (χ0) is 10.8. The van der Waals surface area contributed by atoms with Crippen LogP contribution in [0.5, 0.6) is 0 Å². The molecule has 0 fully saturated rings. The van der Waals surface area contributed by atoms with Gasteiger partial charge >= 0.3 is 0 Å². The van der Waals surface area contributed by atoms with Gasteiger partial charge in [-0.2, -0.15) is 4.37 Å². The minimum absolute atomic E-state index is 0.492. The van der Waals surface area contributed by atoms with Gasteiger partial charge in [0.1, 0.15) is 0 Å². The third kappa shape index (κ3) is 2.45. The number of aromatic nitrogens is 1. The van der Waals surface area contributed by atoms with E-state index < -0.39 is 0 Å². The SMILES string of the molecule is Cc1ccc(C)c(N=c2ssnc2Cl)c1. The monoisotopic (exact) mass is 256 g/mol. The van der Waals surface area contributed by atoms with Gasteiger partial charge in [-0.15, -0.1) is 0 Å². The second kappa shape index (κ2) is 4.43. The minimum Gasteiger partial charge on any atom is -0.234 e. The molecule has 1 aromatic carbocycles. The van der Waals surface area contributed by atoms with Gasteiger partial charge in [-0.05, 0) is 41.4 Å². The van der Waals surface area contributed by atoms with E-state index in [2.05, 4.69) is 34.5 Å². The number of halogens is 1. The van der Waals surface area contributed by atoms with Crippen LogP contribution in [-0.2, 0) is 0 Å². The van der Waals surface area contributed by atoms with Crippen LogP contribution in [0.15, 0.2) is 23.2 Å². The smallest absolute Gasteiger partial charge is 0.179 e. The molecule has 0 aliphatic rings. The zero-order valence-electron chi connectivity index (χ0n) is 8.32. The fraction of sp³-hybridized carbons (Fsp3) is 0.200. The Hall–Kier alpha value is -0.710. The molecule has 15 heavy (non-hydrogen) atoms. The molecule has 0 saturated heterocycles. The Morgan fingerprint density at radius 1 is 1.33 bits per heavy atom. The average molecular weight is 257 g/mol. The molecule has 0 N–H and O–H groups in total. The molecule has 1 heterocycles. The molecule has 0 radical (unpaired) electrons. The van der Waals surface area contributed by atoms with Gasteiger partial charge in [0.05, 0.1) is 5.69 Å². The summed E-state index contributed by atoms with van der Waals surface area (Å²) in [6.45, 7) is 4.09. The van der Waals surface area contributed by atoms with Crippen molar-refractivity contribution in [3.63, 3.8) is 0 Å². The van der Waals surface area contributed by atoms with Crippen LogP contribution in [0, 0.1) is 13.8 Å². The third-order valence-electron chi connectivity index (χ3n) is 2.00. The van der Waals surface area contributed by atoms with Gasteiger partial charge in [-0.1, -0.05) is 23.7 Å². The highest BCUT2D eigenvalue weighted by atomic mass is 35.5. The molecule has 0 amide bonds. The molecule has 2 rings (SSSR count). The summed E-state index contributed by atoms with van der Waals surface area (Å²) in [6.07, 6.45) is 0. The lowest BCUT2D eigenvalue weighted by atomic mass is 10.1. The second-order valence-electron chi connectivity index (χ2n) is 3.25. The van der Waals surface area contributed by atoms with E-state index in [9.17, 15) is 0 Å². The third-order valence-corrected chi connectivity index (χ3v) is 4.17. The maximum atomic E-state index is 5.90. The highest BCUT2D eigenvalue weighted by Crippen LogP contribution is 2.20. The molecule has 0 unspecified atom stereocenters. The predicted octanol–water partition coefficient (Wildman–Crippen LogP) is 3.71. The van der Waals surface area contributed by atoms with E-state index in [1.54, 1.807) is 0 Å². The van der Waals surface area contributed by atoms with Gasteiger partial charge in [0, 0.05) is 10.5 Å². The van der Waals surface area contributed by atoms with Crippen LogP contribution in [-0.4, -0.2) is 4.37 Å². The van der Waals surface area contributed by atoms with E-state index in [0.717, 1.165) is 15.9 Å². The average Bonchev–Trinajstić information content (AvgIpc) is 2.58.